The lowest BCUT2D eigenvalue weighted by Gasteiger charge is -2.32. The van der Waals surface area contributed by atoms with Crippen molar-refractivity contribution in [3.63, 3.8) is 0 Å². The Hall–Kier alpha value is -1.38. The van der Waals surface area contributed by atoms with E-state index in [-0.39, 0.29) is 13.0 Å². The van der Waals surface area contributed by atoms with Crippen molar-refractivity contribution in [2.75, 3.05) is 6.54 Å². The summed E-state index contributed by atoms with van der Waals surface area (Å²) in [5.74, 6) is -2.26. The SMILES string of the molecule is CCc1n[nH]c(=S)n1CCNC(=O)C1CCCCC1C(F)(F)F. The molecule has 1 amide bonds. The van der Waals surface area contributed by atoms with Crippen LogP contribution in [0, 0.1) is 16.6 Å². The van der Waals surface area contributed by atoms with Gasteiger partial charge in [0, 0.05) is 25.4 Å². The number of carbonyl (C=O) groups excluding carboxylic acids is 1. The largest absolute Gasteiger partial charge is 0.392 e. The standard InChI is InChI=1S/C14H21F3N4OS/c1-2-11-19-20-13(23)21(11)8-7-18-12(22)9-5-3-4-6-10(9)14(15,16)17/h9-10H,2-8H2,1H3,(H,18,22)(H,20,23). The van der Waals surface area contributed by atoms with E-state index in [4.69, 9.17) is 12.2 Å². The molecule has 1 aromatic heterocycles. The van der Waals surface area contributed by atoms with Crippen LogP contribution in [0.25, 0.3) is 0 Å². The van der Waals surface area contributed by atoms with Gasteiger partial charge >= 0.3 is 6.18 Å². The number of H-pyrrole nitrogens is 1. The van der Waals surface area contributed by atoms with Gasteiger partial charge in [-0.25, -0.2) is 0 Å². The van der Waals surface area contributed by atoms with Crippen LogP contribution in [0.1, 0.15) is 38.4 Å². The molecule has 0 aliphatic heterocycles. The van der Waals surface area contributed by atoms with E-state index in [1.54, 1.807) is 4.57 Å². The number of aryl methyl sites for hydroxylation is 1. The van der Waals surface area contributed by atoms with Crippen molar-refractivity contribution in [1.82, 2.24) is 20.1 Å². The van der Waals surface area contributed by atoms with Gasteiger partial charge in [0.1, 0.15) is 5.82 Å². The number of alkyl halides is 3. The molecule has 0 saturated heterocycles. The highest BCUT2D eigenvalue weighted by Gasteiger charge is 2.47. The minimum absolute atomic E-state index is 0.0361. The number of nitrogens with zero attached hydrogens (tertiary/aromatic N) is 2. The minimum Gasteiger partial charge on any atom is -0.354 e. The number of amides is 1. The van der Waals surface area contributed by atoms with Crippen molar-refractivity contribution in [3.05, 3.63) is 10.6 Å². The Bertz CT molecular complexity index is 596. The maximum absolute atomic E-state index is 13.0. The lowest BCUT2D eigenvalue weighted by molar-refractivity contribution is -0.198. The second-order valence-electron chi connectivity index (χ2n) is 5.78. The number of carbonyl (C=O) groups is 1. The molecule has 0 aromatic carbocycles. The van der Waals surface area contributed by atoms with Gasteiger partial charge in [0.25, 0.3) is 0 Å². The Kier molecular flexibility index (Phi) is 5.83. The highest BCUT2D eigenvalue weighted by atomic mass is 32.1. The van der Waals surface area contributed by atoms with Gasteiger partial charge in [-0.1, -0.05) is 19.8 Å². The number of halogens is 3. The van der Waals surface area contributed by atoms with E-state index in [1.807, 2.05) is 6.92 Å². The van der Waals surface area contributed by atoms with E-state index >= 15 is 0 Å². The van der Waals surface area contributed by atoms with Crippen molar-refractivity contribution in [3.8, 4) is 0 Å². The number of aromatic amines is 1. The van der Waals surface area contributed by atoms with Crippen molar-refractivity contribution < 1.29 is 18.0 Å². The fourth-order valence-corrected chi connectivity index (χ4v) is 3.35. The predicted octanol–water partition coefficient (Wildman–Crippen LogP) is 2.99. The molecule has 130 valence electrons. The molecule has 1 fully saturated rings. The highest BCUT2D eigenvalue weighted by Crippen LogP contribution is 2.41. The summed E-state index contributed by atoms with van der Waals surface area (Å²) in [4.78, 5) is 12.2. The summed E-state index contributed by atoms with van der Waals surface area (Å²) in [6.07, 6.45) is -2.12. The molecule has 1 heterocycles. The van der Waals surface area contributed by atoms with Gasteiger partial charge < -0.3 is 9.88 Å². The van der Waals surface area contributed by atoms with Crippen molar-refractivity contribution in [2.24, 2.45) is 11.8 Å². The van der Waals surface area contributed by atoms with E-state index in [0.29, 0.717) is 37.0 Å². The number of hydrogen-bond donors (Lipinski definition) is 2. The molecular weight excluding hydrogens is 329 g/mol. The van der Waals surface area contributed by atoms with Crippen molar-refractivity contribution >= 4 is 18.1 Å². The maximum Gasteiger partial charge on any atom is 0.392 e. The third-order valence-electron chi connectivity index (χ3n) is 4.31. The summed E-state index contributed by atoms with van der Waals surface area (Å²) in [6.45, 7) is 2.56. The Labute approximate surface area is 137 Å². The summed E-state index contributed by atoms with van der Waals surface area (Å²) >= 11 is 5.09. The van der Waals surface area contributed by atoms with Crippen LogP contribution in [0.5, 0.6) is 0 Å². The smallest absolute Gasteiger partial charge is 0.354 e. The van der Waals surface area contributed by atoms with Crippen LogP contribution in [-0.2, 0) is 17.8 Å². The van der Waals surface area contributed by atoms with Gasteiger partial charge in [-0.3, -0.25) is 9.89 Å². The zero-order valence-corrected chi connectivity index (χ0v) is 13.8. The molecule has 1 aromatic rings. The summed E-state index contributed by atoms with van der Waals surface area (Å²) in [5.41, 5.74) is 0. The molecule has 0 spiro atoms. The summed E-state index contributed by atoms with van der Waals surface area (Å²) in [5, 5.41) is 9.34. The minimum atomic E-state index is -4.31. The fraction of sp³-hybridized carbons (Fsp3) is 0.786. The van der Waals surface area contributed by atoms with Crippen LogP contribution >= 0.6 is 12.2 Å². The lowest BCUT2D eigenvalue weighted by atomic mass is 9.78. The molecule has 2 N–H and O–H groups in total. The number of rotatable bonds is 5. The van der Waals surface area contributed by atoms with Gasteiger partial charge in [0.2, 0.25) is 5.91 Å². The number of hydrogen-bond acceptors (Lipinski definition) is 3. The summed E-state index contributed by atoms with van der Waals surface area (Å²) in [6, 6.07) is 0. The van der Waals surface area contributed by atoms with E-state index in [9.17, 15) is 18.0 Å². The van der Waals surface area contributed by atoms with Crippen molar-refractivity contribution in [2.45, 2.75) is 51.7 Å². The second kappa shape index (κ2) is 7.46. The van der Waals surface area contributed by atoms with E-state index in [2.05, 4.69) is 15.5 Å². The third kappa shape index (κ3) is 4.33. The highest BCUT2D eigenvalue weighted by molar-refractivity contribution is 7.71. The lowest BCUT2D eigenvalue weighted by Crippen LogP contribution is -2.43. The number of aromatic nitrogens is 3. The first-order valence-corrected chi connectivity index (χ1v) is 8.24. The van der Waals surface area contributed by atoms with Crippen molar-refractivity contribution in [1.29, 1.82) is 0 Å². The van der Waals surface area contributed by atoms with E-state index < -0.39 is 23.9 Å². The number of nitrogens with one attached hydrogen (secondary N) is 2. The predicted molar refractivity (Wildman–Crippen MR) is 81.3 cm³/mol. The van der Waals surface area contributed by atoms with Gasteiger partial charge in [-0.15, -0.1) is 0 Å². The Morgan fingerprint density at radius 1 is 1.43 bits per heavy atom. The van der Waals surface area contributed by atoms with E-state index in [1.165, 1.54) is 0 Å². The second-order valence-corrected chi connectivity index (χ2v) is 6.17. The third-order valence-corrected chi connectivity index (χ3v) is 4.62. The van der Waals surface area contributed by atoms with E-state index in [0.717, 1.165) is 5.82 Å². The first kappa shape index (κ1) is 18.0. The zero-order chi connectivity index (χ0) is 17.0. The molecule has 5 nitrogen and oxygen atoms in total. The molecule has 2 rings (SSSR count). The molecule has 9 heteroatoms. The van der Waals surface area contributed by atoms with Crippen LogP contribution in [-0.4, -0.2) is 33.4 Å². The molecule has 0 radical (unpaired) electrons. The molecule has 1 saturated carbocycles. The van der Waals surface area contributed by atoms with Gasteiger partial charge in [-0.05, 0) is 25.1 Å². The molecule has 2 atom stereocenters. The molecule has 1 aliphatic rings. The van der Waals surface area contributed by atoms with Crippen LogP contribution in [0.2, 0.25) is 0 Å². The summed E-state index contributed by atoms with van der Waals surface area (Å²) in [7, 11) is 0. The average molecular weight is 350 g/mol. The normalized spacial score (nSPS) is 22.1. The topological polar surface area (TPSA) is 62.7 Å². The quantitative estimate of drug-likeness (QED) is 0.803. The fourth-order valence-electron chi connectivity index (χ4n) is 3.11. The maximum atomic E-state index is 13.0. The molecule has 2 unspecified atom stereocenters. The average Bonchev–Trinajstić information content (AvgIpc) is 2.87. The molecule has 1 aliphatic carbocycles. The first-order chi connectivity index (χ1) is 10.8. The monoisotopic (exact) mass is 350 g/mol. The summed E-state index contributed by atoms with van der Waals surface area (Å²) < 4.78 is 41.3. The molecule has 0 bridgehead atoms. The van der Waals surface area contributed by atoms with Gasteiger partial charge in [0.05, 0.1) is 5.92 Å². The van der Waals surface area contributed by atoms with Crippen LogP contribution < -0.4 is 5.32 Å². The molecule has 23 heavy (non-hydrogen) atoms. The van der Waals surface area contributed by atoms with Gasteiger partial charge in [-0.2, -0.15) is 18.3 Å². The van der Waals surface area contributed by atoms with Gasteiger partial charge in [0.15, 0.2) is 4.77 Å². The van der Waals surface area contributed by atoms with Crippen LogP contribution in [0.3, 0.4) is 0 Å². The Morgan fingerprint density at radius 3 is 2.78 bits per heavy atom. The van der Waals surface area contributed by atoms with Crippen LogP contribution in [0.4, 0.5) is 13.2 Å². The Morgan fingerprint density at radius 2 is 2.13 bits per heavy atom. The first-order valence-electron chi connectivity index (χ1n) is 7.83. The molecular formula is C14H21F3N4OS. The van der Waals surface area contributed by atoms with Crippen LogP contribution in [0.15, 0.2) is 0 Å². The zero-order valence-electron chi connectivity index (χ0n) is 12.9. The Balaban J connectivity index is 1.93.